The lowest BCUT2D eigenvalue weighted by molar-refractivity contribution is 1.12. The molecule has 238 valence electrons. The summed E-state index contributed by atoms with van der Waals surface area (Å²) in [5.74, 6) is 0. The summed E-state index contributed by atoms with van der Waals surface area (Å²) < 4.78 is 247. The summed E-state index contributed by atoms with van der Waals surface area (Å²) in [5, 5.41) is -2.91. The molecule has 0 atom stereocenters. The highest BCUT2D eigenvalue weighted by Crippen LogP contribution is 2.41. The fourth-order valence-corrected chi connectivity index (χ4v) is 6.65. The van der Waals surface area contributed by atoms with Gasteiger partial charge >= 0.3 is 0 Å². The molecule has 0 saturated heterocycles. The quantitative estimate of drug-likeness (QED) is 0.176. The van der Waals surface area contributed by atoms with Crippen LogP contribution in [0.4, 0.5) is 0 Å². The topological polar surface area (TPSA) is 14.8 Å². The van der Waals surface area contributed by atoms with Gasteiger partial charge in [-0.05, 0) is 65.6 Å². The maximum absolute atomic E-state index is 10.3. The van der Waals surface area contributed by atoms with E-state index in [9.17, 15) is 13.7 Å². The maximum atomic E-state index is 10.3. The van der Waals surface area contributed by atoms with Crippen LogP contribution >= 0.6 is 0 Å². The lowest BCUT2D eigenvalue weighted by atomic mass is 10.1. The van der Waals surface area contributed by atoms with Crippen LogP contribution in [-0.4, -0.2) is 13.7 Å². The molecule has 0 aliphatic carbocycles. The lowest BCUT2D eigenvalue weighted by Crippen LogP contribution is -2.01. The van der Waals surface area contributed by atoms with Gasteiger partial charge in [-0.3, -0.25) is 0 Å². The maximum Gasteiger partial charge on any atom is 0.0782 e. The molecule has 0 saturated carbocycles. The van der Waals surface area contributed by atoms with Crippen LogP contribution in [0.25, 0.3) is 93.6 Å². The normalized spacial score (nSPS) is 19.3. The first-order chi connectivity index (χ1) is 36.6. The molecule has 0 bridgehead atoms. The van der Waals surface area contributed by atoms with Crippen LogP contribution in [0.2, 0.25) is 0 Å². The van der Waals surface area contributed by atoms with Crippen molar-refractivity contribution in [3.8, 4) is 28.2 Å². The van der Waals surface area contributed by atoms with Crippen molar-refractivity contribution in [1.82, 2.24) is 13.7 Å². The van der Waals surface area contributed by atoms with E-state index in [1.54, 1.807) is 0 Å². The minimum absolute atomic E-state index is 0.0378. The predicted molar refractivity (Wildman–Crippen MR) is 215 cm³/mol. The lowest BCUT2D eigenvalue weighted by Gasteiger charge is -2.16. The highest BCUT2D eigenvalue weighted by molar-refractivity contribution is 6.16. The summed E-state index contributed by atoms with van der Waals surface area (Å²) in [6.45, 7) is 0. The molecule has 3 heterocycles. The molecule has 11 rings (SSSR count). The summed E-state index contributed by atoms with van der Waals surface area (Å²) in [7, 11) is 0. The standard InChI is InChI=1S/C48H31N3/c1-2-14-32(15-3-1)33-16-12-17-34(30-33)50-44-25-10-7-21-39(44)41-22-13-27-46(48(41)50)51-45-26-11-6-20-38(45)40-29-28-35(31-47(40)51)49-42-23-8-4-18-36(42)37-19-5-9-24-43(37)49/h1-31H/i1D,2D,3D,4D,5D,6D,7D,8D,9D,10D,11D,13D,14D,15D,18D,19D,20D,21D,22D,23D,24D,25D,26D,27D,28D,29D,31D. The molecule has 3 heteroatoms. The number of benzene rings is 8. The third-order valence-corrected chi connectivity index (χ3v) is 8.71. The molecule has 0 fully saturated rings. The number of hydrogen-bond donors (Lipinski definition) is 0. The van der Waals surface area contributed by atoms with Gasteiger partial charge in [0.2, 0.25) is 0 Å². The molecule has 3 nitrogen and oxygen atoms in total. The second-order valence-electron chi connectivity index (χ2n) is 11.3. The van der Waals surface area contributed by atoms with Gasteiger partial charge in [0.1, 0.15) is 0 Å². The molecule has 11 aromatic rings. The zero-order valence-electron chi connectivity index (χ0n) is 52.7. The van der Waals surface area contributed by atoms with Gasteiger partial charge in [0.05, 0.1) is 75.8 Å². The zero-order valence-corrected chi connectivity index (χ0v) is 25.7. The van der Waals surface area contributed by atoms with Crippen molar-refractivity contribution < 1.29 is 37.0 Å². The molecule has 8 aromatic carbocycles. The Bertz CT molecular complexity index is 4600. The van der Waals surface area contributed by atoms with Gasteiger partial charge in [-0.25, -0.2) is 0 Å². The third kappa shape index (κ3) is 4.06. The minimum Gasteiger partial charge on any atom is -0.309 e. The molecule has 0 radical (unpaired) electrons. The summed E-state index contributed by atoms with van der Waals surface area (Å²) in [6.07, 6.45) is 0. The van der Waals surface area contributed by atoms with Crippen LogP contribution in [-0.2, 0) is 0 Å². The first kappa shape index (κ1) is 12.5. The predicted octanol–water partition coefficient (Wildman–Crippen LogP) is 12.6. The van der Waals surface area contributed by atoms with E-state index >= 15 is 0 Å². The molecule has 51 heavy (non-hydrogen) atoms. The van der Waals surface area contributed by atoms with Gasteiger partial charge in [0.15, 0.2) is 0 Å². The molecule has 0 amide bonds. The van der Waals surface area contributed by atoms with Crippen LogP contribution in [0.3, 0.4) is 0 Å². The van der Waals surface area contributed by atoms with Gasteiger partial charge in [-0.1, -0.05) is 133 Å². The fraction of sp³-hybridized carbons (Fsp3) is 0. The van der Waals surface area contributed by atoms with Gasteiger partial charge in [-0.15, -0.1) is 0 Å². The van der Waals surface area contributed by atoms with E-state index in [0.29, 0.717) is 0 Å². The van der Waals surface area contributed by atoms with E-state index in [1.165, 1.54) is 24.3 Å². The average molecular weight is 677 g/mol. The Hall–Kier alpha value is -6.84. The van der Waals surface area contributed by atoms with Crippen molar-refractivity contribution in [2.24, 2.45) is 0 Å². The van der Waals surface area contributed by atoms with Gasteiger partial charge in [0.25, 0.3) is 0 Å². The van der Waals surface area contributed by atoms with Crippen LogP contribution in [0, 0.1) is 0 Å². The second kappa shape index (κ2) is 10.8. The van der Waals surface area contributed by atoms with Crippen molar-refractivity contribution in [2.45, 2.75) is 0 Å². The highest BCUT2D eigenvalue weighted by Gasteiger charge is 2.21. The highest BCUT2D eigenvalue weighted by atomic mass is 15.1. The molecular formula is C48H31N3. The van der Waals surface area contributed by atoms with Crippen molar-refractivity contribution in [1.29, 1.82) is 0 Å². The Morgan fingerprint density at radius 2 is 0.882 bits per heavy atom. The summed E-state index contributed by atoms with van der Waals surface area (Å²) in [6, 6.07) is -16.7. The number of nitrogens with zero attached hydrogens (tertiary/aromatic N) is 3. The fourth-order valence-electron chi connectivity index (χ4n) is 6.65. The Morgan fingerprint density at radius 3 is 1.55 bits per heavy atom. The van der Waals surface area contributed by atoms with E-state index in [1.807, 2.05) is 0 Å². The van der Waals surface area contributed by atoms with Crippen LogP contribution < -0.4 is 0 Å². The minimum atomic E-state index is -0.960. The Kier molecular flexibility index (Phi) is 2.65. The first-order valence-electron chi connectivity index (χ1n) is 28.8. The summed E-state index contributed by atoms with van der Waals surface area (Å²) >= 11 is 0. The molecule has 3 aromatic heterocycles. The number of fused-ring (bicyclic) bond motifs is 9. The van der Waals surface area contributed by atoms with Crippen LogP contribution in [0.5, 0.6) is 0 Å². The molecule has 0 aliphatic heterocycles. The van der Waals surface area contributed by atoms with Crippen molar-refractivity contribution >= 4 is 65.4 Å². The Labute approximate surface area is 332 Å². The molecule has 0 aliphatic rings. The third-order valence-electron chi connectivity index (χ3n) is 8.71. The average Bonchev–Trinajstić information content (AvgIpc) is 4.15. The smallest absolute Gasteiger partial charge is 0.0782 e. The van der Waals surface area contributed by atoms with E-state index in [0.717, 1.165) is 13.7 Å². The molecule has 0 unspecified atom stereocenters. The molecule has 0 N–H and O–H groups in total. The zero-order chi connectivity index (χ0) is 57.0. The van der Waals surface area contributed by atoms with Gasteiger partial charge in [0, 0.05) is 43.7 Å². The first-order valence-corrected chi connectivity index (χ1v) is 15.3. The number of hydrogen-bond acceptors (Lipinski definition) is 0. The van der Waals surface area contributed by atoms with Crippen molar-refractivity contribution in [3.05, 3.63) is 187 Å². The van der Waals surface area contributed by atoms with Gasteiger partial charge < -0.3 is 13.7 Å². The van der Waals surface area contributed by atoms with Gasteiger partial charge in [-0.2, -0.15) is 0 Å². The number of rotatable bonds is 4. The summed E-state index contributed by atoms with van der Waals surface area (Å²) in [5.41, 5.74) is -5.23. The molecule has 0 spiro atoms. The SMILES string of the molecule is [2H]c1c([2H])c([2H])c(-c2cccc(-n3c4c([2H])c([2H])c([2H])c([2H])c4c4c([2H])c([2H])c([2H])c(-n5c6c([2H])c([2H])c([2H])c([2H])c6c6c([2H])c([2H])c(-n7c8c([2H])c([2H])c([2H])c([2H])c8c8c([2H])c([2H])c([2H])c([2H])c87)c([2H])c65)c43)c2)c([2H])c1[2H]. The Morgan fingerprint density at radius 1 is 0.353 bits per heavy atom. The second-order valence-corrected chi connectivity index (χ2v) is 11.3. The van der Waals surface area contributed by atoms with E-state index in [4.69, 9.17) is 23.3 Å². The largest absolute Gasteiger partial charge is 0.309 e. The van der Waals surface area contributed by atoms with Crippen LogP contribution in [0.1, 0.15) is 37.0 Å². The number of para-hydroxylation sites is 5. The van der Waals surface area contributed by atoms with Crippen molar-refractivity contribution in [3.63, 3.8) is 0 Å². The van der Waals surface area contributed by atoms with E-state index < -0.39 is 240 Å². The monoisotopic (exact) mass is 676 g/mol. The summed E-state index contributed by atoms with van der Waals surface area (Å²) in [4.78, 5) is 0. The van der Waals surface area contributed by atoms with E-state index in [-0.39, 0.29) is 16.8 Å². The van der Waals surface area contributed by atoms with E-state index in [2.05, 4.69) is 0 Å². The molecular weight excluding hydrogens is 619 g/mol. The van der Waals surface area contributed by atoms with Crippen LogP contribution in [0.15, 0.2) is 187 Å². The Balaban J connectivity index is 1.45. The number of aromatic nitrogens is 3. The van der Waals surface area contributed by atoms with Crippen molar-refractivity contribution in [2.75, 3.05) is 0 Å².